The van der Waals surface area contributed by atoms with Gasteiger partial charge in [-0.1, -0.05) is 6.92 Å². The van der Waals surface area contributed by atoms with Gasteiger partial charge in [0.1, 0.15) is 12.1 Å². The summed E-state index contributed by atoms with van der Waals surface area (Å²) in [5.41, 5.74) is 5.43. The maximum atomic E-state index is 13.2. The first-order chi connectivity index (χ1) is 15.3. The van der Waals surface area contributed by atoms with E-state index in [2.05, 4.69) is 20.3 Å². The van der Waals surface area contributed by atoms with Crippen LogP contribution in [-0.4, -0.2) is 44.9 Å². The summed E-state index contributed by atoms with van der Waals surface area (Å²) in [6.07, 6.45) is 2.87. The summed E-state index contributed by atoms with van der Waals surface area (Å²) in [6, 6.07) is 2.81. The molecule has 11 nitrogen and oxygen atoms in total. The Morgan fingerprint density at radius 2 is 1.91 bits per heavy atom. The van der Waals surface area contributed by atoms with E-state index in [0.717, 1.165) is 0 Å². The van der Waals surface area contributed by atoms with Gasteiger partial charge in [0, 0.05) is 24.9 Å². The molecule has 1 amide bonds. The molecule has 0 fully saturated rings. The van der Waals surface area contributed by atoms with Crippen LogP contribution in [0.25, 0.3) is 10.9 Å². The Kier molecular flexibility index (Phi) is 6.67. The molecule has 2 heterocycles. The van der Waals surface area contributed by atoms with E-state index in [1.165, 1.54) is 24.1 Å². The molecule has 0 aliphatic heterocycles. The monoisotopic (exact) mass is 440 g/mol. The highest BCUT2D eigenvalue weighted by Crippen LogP contribution is 2.34. The zero-order valence-electron chi connectivity index (χ0n) is 18.2. The molecule has 0 aliphatic carbocycles. The van der Waals surface area contributed by atoms with Gasteiger partial charge in [0.2, 0.25) is 11.9 Å². The molecule has 11 heteroatoms. The second kappa shape index (κ2) is 9.41. The van der Waals surface area contributed by atoms with Gasteiger partial charge in [-0.2, -0.15) is 0 Å². The second-order valence-electron chi connectivity index (χ2n) is 7.16. The number of ether oxygens (including phenoxy) is 2. The van der Waals surface area contributed by atoms with Gasteiger partial charge in [-0.25, -0.2) is 15.0 Å². The standard InChI is InChI=1S/C21H24N6O5/c1-5-13(28)10-32-15-7-6-14-16(17(15)31-4)25-21(27(11(2)3)19(14)30)26-18(29)12-8-23-20(22)24-9-12/h6-9,11H,5,10H2,1-4H3,(H2,22,23,24)(H,25,26,29). The number of fused-ring (bicyclic) bond motifs is 1. The lowest BCUT2D eigenvalue weighted by Gasteiger charge is -2.18. The van der Waals surface area contributed by atoms with E-state index in [4.69, 9.17) is 15.2 Å². The zero-order chi connectivity index (χ0) is 23.4. The normalized spacial score (nSPS) is 10.9. The predicted molar refractivity (Wildman–Crippen MR) is 118 cm³/mol. The van der Waals surface area contributed by atoms with E-state index < -0.39 is 5.91 Å². The van der Waals surface area contributed by atoms with Gasteiger partial charge >= 0.3 is 0 Å². The molecule has 0 bridgehead atoms. The van der Waals surface area contributed by atoms with Crippen molar-refractivity contribution in [3.8, 4) is 11.5 Å². The molecule has 168 valence electrons. The fourth-order valence-electron chi connectivity index (χ4n) is 2.99. The summed E-state index contributed by atoms with van der Waals surface area (Å²) >= 11 is 0. The third-order valence-electron chi connectivity index (χ3n) is 4.65. The summed E-state index contributed by atoms with van der Waals surface area (Å²) in [6.45, 7) is 5.19. The van der Waals surface area contributed by atoms with E-state index in [-0.39, 0.29) is 63.9 Å². The van der Waals surface area contributed by atoms with Crippen molar-refractivity contribution in [1.82, 2.24) is 19.5 Å². The summed E-state index contributed by atoms with van der Waals surface area (Å²) in [5.74, 6) is -0.159. The van der Waals surface area contributed by atoms with Crippen LogP contribution in [0.3, 0.4) is 0 Å². The highest BCUT2D eigenvalue weighted by molar-refractivity contribution is 6.03. The molecule has 0 radical (unpaired) electrons. The summed E-state index contributed by atoms with van der Waals surface area (Å²) in [4.78, 5) is 49.7. The average Bonchev–Trinajstić information content (AvgIpc) is 2.77. The number of methoxy groups -OCH3 is 1. The zero-order valence-corrected chi connectivity index (χ0v) is 18.2. The smallest absolute Gasteiger partial charge is 0.263 e. The van der Waals surface area contributed by atoms with Gasteiger partial charge < -0.3 is 15.2 Å². The number of benzene rings is 1. The third kappa shape index (κ3) is 4.51. The Hall–Kier alpha value is -4.02. The number of aromatic nitrogens is 4. The van der Waals surface area contributed by atoms with Crippen LogP contribution in [0.1, 0.15) is 43.6 Å². The molecule has 0 saturated carbocycles. The van der Waals surface area contributed by atoms with Crippen molar-refractivity contribution in [3.63, 3.8) is 0 Å². The van der Waals surface area contributed by atoms with Crippen molar-refractivity contribution in [2.24, 2.45) is 0 Å². The quantitative estimate of drug-likeness (QED) is 0.535. The average molecular weight is 440 g/mol. The number of amides is 1. The van der Waals surface area contributed by atoms with Crippen molar-refractivity contribution in [2.75, 3.05) is 24.8 Å². The fourth-order valence-corrected chi connectivity index (χ4v) is 2.99. The maximum Gasteiger partial charge on any atom is 0.263 e. The number of ketones is 1. The first-order valence-corrected chi connectivity index (χ1v) is 9.93. The Balaban J connectivity index is 2.12. The summed E-state index contributed by atoms with van der Waals surface area (Å²) in [5, 5.41) is 2.91. The molecule has 32 heavy (non-hydrogen) atoms. The molecule has 1 aromatic carbocycles. The minimum Gasteiger partial charge on any atom is -0.491 e. The van der Waals surface area contributed by atoms with Crippen molar-refractivity contribution in [2.45, 2.75) is 33.2 Å². The summed E-state index contributed by atoms with van der Waals surface area (Å²) < 4.78 is 12.4. The number of nitrogens with one attached hydrogen (secondary N) is 1. The van der Waals surface area contributed by atoms with Crippen molar-refractivity contribution < 1.29 is 19.1 Å². The first kappa shape index (κ1) is 22.7. The number of nitrogens with two attached hydrogens (primary N) is 1. The number of carbonyl (C=O) groups excluding carboxylic acids is 2. The second-order valence-corrected chi connectivity index (χ2v) is 7.16. The number of carbonyl (C=O) groups is 2. The van der Waals surface area contributed by atoms with Crippen LogP contribution in [-0.2, 0) is 4.79 Å². The Morgan fingerprint density at radius 3 is 2.50 bits per heavy atom. The van der Waals surface area contributed by atoms with E-state index >= 15 is 0 Å². The van der Waals surface area contributed by atoms with Crippen LogP contribution in [0, 0.1) is 0 Å². The summed E-state index contributed by atoms with van der Waals surface area (Å²) in [7, 11) is 1.41. The molecule has 0 spiro atoms. The van der Waals surface area contributed by atoms with E-state index in [0.29, 0.717) is 6.42 Å². The van der Waals surface area contributed by atoms with Crippen LogP contribution in [0.5, 0.6) is 11.5 Å². The molecular weight excluding hydrogens is 416 g/mol. The first-order valence-electron chi connectivity index (χ1n) is 9.93. The largest absolute Gasteiger partial charge is 0.491 e. The number of hydrogen-bond acceptors (Lipinski definition) is 9. The molecule has 3 N–H and O–H groups in total. The molecule has 0 aliphatic rings. The van der Waals surface area contributed by atoms with Gasteiger partial charge in [-0.05, 0) is 26.0 Å². The van der Waals surface area contributed by atoms with Gasteiger partial charge in [0.25, 0.3) is 11.5 Å². The molecule has 0 saturated heterocycles. The number of rotatable bonds is 8. The van der Waals surface area contributed by atoms with Crippen molar-refractivity contribution >= 4 is 34.5 Å². The fraction of sp³-hybridized carbons (Fsp3) is 0.333. The number of nitrogen functional groups attached to an aromatic ring is 1. The molecule has 0 unspecified atom stereocenters. The van der Waals surface area contributed by atoms with Crippen LogP contribution in [0.4, 0.5) is 11.9 Å². The molecule has 3 rings (SSSR count). The lowest BCUT2D eigenvalue weighted by Crippen LogP contribution is -2.29. The lowest BCUT2D eigenvalue weighted by atomic mass is 10.2. The predicted octanol–water partition coefficient (Wildman–Crippen LogP) is 1.97. The molecule has 2 aromatic heterocycles. The highest BCUT2D eigenvalue weighted by atomic mass is 16.5. The number of hydrogen-bond donors (Lipinski definition) is 2. The topological polar surface area (TPSA) is 151 Å². The Bertz CT molecular complexity index is 1220. The third-order valence-corrected chi connectivity index (χ3v) is 4.65. The Labute approximate surface area is 183 Å². The number of Topliss-reactive ketones (excluding diaryl/α,β-unsaturated/α-hetero) is 1. The van der Waals surface area contributed by atoms with E-state index in [9.17, 15) is 14.4 Å². The maximum absolute atomic E-state index is 13.2. The lowest BCUT2D eigenvalue weighted by molar-refractivity contribution is -0.120. The van der Waals surface area contributed by atoms with Crippen molar-refractivity contribution in [1.29, 1.82) is 0 Å². The minimum atomic E-state index is -0.564. The number of anilines is 2. The van der Waals surface area contributed by atoms with Gasteiger partial charge in [0.15, 0.2) is 17.3 Å². The molecule has 0 atom stereocenters. The van der Waals surface area contributed by atoms with E-state index in [1.54, 1.807) is 32.9 Å². The molecule has 3 aromatic rings. The van der Waals surface area contributed by atoms with Crippen LogP contribution >= 0.6 is 0 Å². The number of nitrogens with zero attached hydrogens (tertiary/aromatic N) is 4. The van der Waals surface area contributed by atoms with Crippen LogP contribution in [0.15, 0.2) is 29.3 Å². The van der Waals surface area contributed by atoms with Crippen LogP contribution < -0.4 is 26.1 Å². The van der Waals surface area contributed by atoms with Gasteiger partial charge in [-0.3, -0.25) is 24.3 Å². The Morgan fingerprint density at radius 1 is 1.22 bits per heavy atom. The minimum absolute atomic E-state index is 0.0133. The van der Waals surface area contributed by atoms with Crippen molar-refractivity contribution in [3.05, 3.63) is 40.4 Å². The SMILES string of the molecule is CCC(=O)COc1ccc2c(=O)n(C(C)C)c(NC(=O)c3cnc(N)nc3)nc2c1OC. The molecular formula is C21H24N6O5. The van der Waals surface area contributed by atoms with Crippen LogP contribution in [0.2, 0.25) is 0 Å². The van der Waals surface area contributed by atoms with Gasteiger partial charge in [-0.15, -0.1) is 0 Å². The highest BCUT2D eigenvalue weighted by Gasteiger charge is 2.21. The van der Waals surface area contributed by atoms with E-state index in [1.807, 2.05) is 0 Å². The van der Waals surface area contributed by atoms with Gasteiger partial charge in [0.05, 0.1) is 18.1 Å².